The Bertz CT molecular complexity index is 483. The van der Waals surface area contributed by atoms with Crippen LogP contribution in [0.5, 0.6) is 5.75 Å². The normalized spacial score (nSPS) is 10.1. The van der Waals surface area contributed by atoms with Gasteiger partial charge < -0.3 is 9.84 Å². The number of nitriles is 1. The quantitative estimate of drug-likeness (QED) is 0.865. The molecule has 17 heavy (non-hydrogen) atoms. The highest BCUT2D eigenvalue weighted by atomic mass is 19.3. The van der Waals surface area contributed by atoms with Gasteiger partial charge in [-0.2, -0.15) is 5.26 Å². The third kappa shape index (κ3) is 2.66. The van der Waals surface area contributed by atoms with Crippen molar-refractivity contribution >= 4 is 5.97 Å². The summed E-state index contributed by atoms with van der Waals surface area (Å²) in [7, 11) is 1.12. The van der Waals surface area contributed by atoms with E-state index in [0.29, 0.717) is 0 Å². The van der Waals surface area contributed by atoms with Crippen LogP contribution in [0.25, 0.3) is 0 Å². The van der Waals surface area contributed by atoms with Gasteiger partial charge in [-0.15, -0.1) is 0 Å². The minimum absolute atomic E-state index is 0.164. The van der Waals surface area contributed by atoms with Crippen LogP contribution >= 0.6 is 0 Å². The van der Waals surface area contributed by atoms with Crippen molar-refractivity contribution in [1.29, 1.82) is 5.26 Å². The molecule has 1 aromatic heterocycles. The summed E-state index contributed by atoms with van der Waals surface area (Å²) in [6.45, 7) is 0. The lowest BCUT2D eigenvalue weighted by atomic mass is 10.1. The minimum Gasteiger partial charge on any atom is -0.493 e. The van der Waals surface area contributed by atoms with Crippen molar-refractivity contribution in [2.45, 2.75) is 12.8 Å². The number of halogens is 2. The fourth-order valence-electron chi connectivity index (χ4n) is 1.37. The van der Waals surface area contributed by atoms with Crippen molar-refractivity contribution in [3.63, 3.8) is 0 Å². The van der Waals surface area contributed by atoms with Gasteiger partial charge in [0.15, 0.2) is 11.4 Å². The number of aromatic nitrogens is 1. The number of alkyl halides is 2. The van der Waals surface area contributed by atoms with E-state index in [0.717, 1.165) is 13.3 Å². The molecule has 90 valence electrons. The number of aliphatic carboxylic acids is 1. The van der Waals surface area contributed by atoms with E-state index in [1.165, 1.54) is 0 Å². The Labute approximate surface area is 95.3 Å². The predicted octanol–water partition coefficient (Wildman–Crippen LogP) is 1.53. The maximum absolute atomic E-state index is 12.8. The molecular weight excluding hydrogens is 234 g/mol. The first-order valence-corrected chi connectivity index (χ1v) is 4.47. The summed E-state index contributed by atoms with van der Waals surface area (Å²) < 4.78 is 30.4. The van der Waals surface area contributed by atoms with Gasteiger partial charge >= 0.3 is 5.97 Å². The molecule has 0 radical (unpaired) electrons. The number of methoxy groups -OCH3 is 1. The SMILES string of the molecule is COc1c(C#N)ncc(CC(=O)O)c1C(F)F. The molecule has 0 aliphatic carbocycles. The van der Waals surface area contributed by atoms with Crippen LogP contribution in [0.3, 0.4) is 0 Å². The molecule has 0 aliphatic rings. The molecule has 7 heteroatoms. The average Bonchev–Trinajstić information content (AvgIpc) is 2.26. The zero-order valence-corrected chi connectivity index (χ0v) is 8.78. The van der Waals surface area contributed by atoms with Crippen molar-refractivity contribution in [3.8, 4) is 11.8 Å². The molecule has 0 atom stereocenters. The summed E-state index contributed by atoms with van der Waals surface area (Å²) in [5.74, 6) is -1.64. The zero-order valence-electron chi connectivity index (χ0n) is 8.78. The number of hydrogen-bond acceptors (Lipinski definition) is 4. The molecule has 0 saturated carbocycles. The number of carbonyl (C=O) groups is 1. The maximum Gasteiger partial charge on any atom is 0.307 e. The van der Waals surface area contributed by atoms with Crippen LogP contribution in [0.15, 0.2) is 6.20 Å². The summed E-state index contributed by atoms with van der Waals surface area (Å²) in [4.78, 5) is 14.1. The molecule has 1 rings (SSSR count). The lowest BCUT2D eigenvalue weighted by Gasteiger charge is -2.12. The molecule has 0 spiro atoms. The Hall–Kier alpha value is -2.23. The number of hydrogen-bond donors (Lipinski definition) is 1. The van der Waals surface area contributed by atoms with Crippen molar-refractivity contribution in [2.75, 3.05) is 7.11 Å². The Balaban J connectivity index is 3.43. The van der Waals surface area contributed by atoms with Gasteiger partial charge in [0.2, 0.25) is 0 Å². The Morgan fingerprint density at radius 2 is 2.35 bits per heavy atom. The summed E-state index contributed by atoms with van der Waals surface area (Å²) in [6.07, 6.45) is -2.58. The van der Waals surface area contributed by atoms with Gasteiger partial charge in [-0.25, -0.2) is 13.8 Å². The van der Waals surface area contributed by atoms with Gasteiger partial charge in [0.05, 0.1) is 19.1 Å². The number of ether oxygens (including phenoxy) is 1. The van der Waals surface area contributed by atoms with Gasteiger partial charge in [0.25, 0.3) is 6.43 Å². The van der Waals surface area contributed by atoms with Gasteiger partial charge in [-0.05, 0) is 5.56 Å². The van der Waals surface area contributed by atoms with E-state index >= 15 is 0 Å². The van der Waals surface area contributed by atoms with Gasteiger partial charge in [-0.3, -0.25) is 4.79 Å². The molecule has 0 bridgehead atoms. The van der Waals surface area contributed by atoms with E-state index in [-0.39, 0.29) is 17.0 Å². The Kier molecular flexibility index (Phi) is 3.93. The number of carboxylic acids is 1. The fraction of sp³-hybridized carbons (Fsp3) is 0.300. The smallest absolute Gasteiger partial charge is 0.307 e. The molecule has 1 aromatic rings. The van der Waals surface area contributed by atoms with Crippen molar-refractivity contribution in [3.05, 3.63) is 23.0 Å². The molecule has 0 amide bonds. The Morgan fingerprint density at radius 3 is 2.76 bits per heavy atom. The number of rotatable bonds is 4. The molecule has 0 aliphatic heterocycles. The summed E-state index contributed by atoms with van der Waals surface area (Å²) in [5, 5.41) is 17.3. The second-order valence-electron chi connectivity index (χ2n) is 3.06. The highest BCUT2D eigenvalue weighted by Crippen LogP contribution is 2.33. The van der Waals surface area contributed by atoms with Crippen LogP contribution in [0.4, 0.5) is 8.78 Å². The topological polar surface area (TPSA) is 83.2 Å². The molecule has 0 aromatic carbocycles. The summed E-state index contributed by atoms with van der Waals surface area (Å²) in [6, 6.07) is 1.61. The van der Waals surface area contributed by atoms with Gasteiger partial charge in [0, 0.05) is 6.20 Å². The van der Waals surface area contributed by atoms with Crippen LogP contribution < -0.4 is 4.74 Å². The van der Waals surface area contributed by atoms with Gasteiger partial charge in [-0.1, -0.05) is 0 Å². The highest BCUT2D eigenvalue weighted by molar-refractivity contribution is 5.71. The standard InChI is InChI=1S/C10H8F2N2O3/c1-17-9-6(3-13)14-4-5(2-7(15)16)8(9)10(11)12/h4,10H,2H2,1H3,(H,15,16). The average molecular weight is 242 g/mol. The van der Waals surface area contributed by atoms with Crippen LogP contribution in [0, 0.1) is 11.3 Å². The monoisotopic (exact) mass is 242 g/mol. The van der Waals surface area contributed by atoms with E-state index < -0.39 is 24.4 Å². The summed E-state index contributed by atoms with van der Waals surface area (Å²) >= 11 is 0. The zero-order chi connectivity index (χ0) is 13.0. The van der Waals surface area contributed by atoms with Gasteiger partial charge in [0.1, 0.15) is 6.07 Å². The Morgan fingerprint density at radius 1 is 1.71 bits per heavy atom. The number of carboxylic acid groups (broad SMARTS) is 1. The first-order chi connectivity index (χ1) is 8.01. The first kappa shape index (κ1) is 12.8. The molecule has 1 heterocycles. The molecule has 5 nitrogen and oxygen atoms in total. The second-order valence-corrected chi connectivity index (χ2v) is 3.06. The molecule has 1 N–H and O–H groups in total. The second kappa shape index (κ2) is 5.21. The van der Waals surface area contributed by atoms with Crippen LogP contribution in [-0.2, 0) is 11.2 Å². The van der Waals surface area contributed by atoms with Crippen molar-refractivity contribution in [1.82, 2.24) is 4.98 Å². The van der Waals surface area contributed by atoms with E-state index in [1.54, 1.807) is 6.07 Å². The summed E-state index contributed by atoms with van der Waals surface area (Å²) in [5.41, 5.74) is -1.05. The largest absolute Gasteiger partial charge is 0.493 e. The highest BCUT2D eigenvalue weighted by Gasteiger charge is 2.24. The maximum atomic E-state index is 12.8. The lowest BCUT2D eigenvalue weighted by Crippen LogP contribution is -2.08. The third-order valence-electron chi connectivity index (χ3n) is 2.03. The van der Waals surface area contributed by atoms with Crippen LogP contribution in [0.2, 0.25) is 0 Å². The molecule has 0 unspecified atom stereocenters. The predicted molar refractivity (Wildman–Crippen MR) is 51.8 cm³/mol. The fourth-order valence-corrected chi connectivity index (χ4v) is 1.37. The van der Waals surface area contributed by atoms with Crippen molar-refractivity contribution in [2.24, 2.45) is 0 Å². The number of nitrogens with zero attached hydrogens (tertiary/aromatic N) is 2. The van der Waals surface area contributed by atoms with Crippen molar-refractivity contribution < 1.29 is 23.4 Å². The minimum atomic E-state index is -2.94. The first-order valence-electron chi connectivity index (χ1n) is 4.47. The van der Waals surface area contributed by atoms with E-state index in [1.807, 2.05) is 0 Å². The van der Waals surface area contributed by atoms with Crippen LogP contribution in [-0.4, -0.2) is 23.2 Å². The van der Waals surface area contributed by atoms with E-state index in [2.05, 4.69) is 4.98 Å². The molecule has 0 saturated heterocycles. The van der Waals surface area contributed by atoms with E-state index in [4.69, 9.17) is 15.1 Å². The van der Waals surface area contributed by atoms with E-state index in [9.17, 15) is 13.6 Å². The molecular formula is C10H8F2N2O3. The lowest BCUT2D eigenvalue weighted by molar-refractivity contribution is -0.136. The number of pyridine rings is 1. The third-order valence-corrected chi connectivity index (χ3v) is 2.03. The van der Waals surface area contributed by atoms with Crippen LogP contribution in [0.1, 0.15) is 23.2 Å². The molecule has 0 fully saturated rings.